The summed E-state index contributed by atoms with van der Waals surface area (Å²) in [6.45, 7) is 7.52. The molecule has 2 heteroatoms. The van der Waals surface area contributed by atoms with Crippen molar-refractivity contribution >= 4 is 5.91 Å². The summed E-state index contributed by atoms with van der Waals surface area (Å²) >= 11 is 0. The van der Waals surface area contributed by atoms with Gasteiger partial charge in [-0.3, -0.25) is 4.79 Å². The Morgan fingerprint density at radius 2 is 1.77 bits per heavy atom. The normalized spacial score (nSPS) is 13.6. The number of hydrogen-bond acceptors (Lipinski definition) is 1. The number of hydrogen-bond donors (Lipinski definition) is 1. The number of carbonyl (C=O) groups excluding carboxylic acids is 1. The van der Waals surface area contributed by atoms with E-state index in [1.807, 2.05) is 30.3 Å². The Balaban J connectivity index is 2.14. The van der Waals surface area contributed by atoms with Gasteiger partial charge in [-0.05, 0) is 30.2 Å². The van der Waals surface area contributed by atoms with Crippen LogP contribution in [0.2, 0.25) is 0 Å². The fraction of sp³-hybridized carbons (Fsp3) is 0.650. The molecule has 0 radical (unpaired) electrons. The molecule has 0 spiro atoms. The second-order valence-electron chi connectivity index (χ2n) is 6.52. The van der Waals surface area contributed by atoms with Crippen molar-refractivity contribution in [2.45, 2.75) is 72.3 Å². The lowest BCUT2D eigenvalue weighted by Gasteiger charge is -2.17. The quantitative estimate of drug-likeness (QED) is 0.588. The van der Waals surface area contributed by atoms with Crippen molar-refractivity contribution in [2.75, 3.05) is 0 Å². The molecule has 22 heavy (non-hydrogen) atoms. The zero-order valence-corrected chi connectivity index (χ0v) is 14.6. The van der Waals surface area contributed by atoms with Crippen molar-refractivity contribution in [3.05, 3.63) is 35.9 Å². The third-order valence-corrected chi connectivity index (χ3v) is 4.69. The lowest BCUT2D eigenvalue weighted by atomic mass is 9.90. The standard InChI is InChI=1S/C20H33NO/c1-4-17(3)14-15-18(5-2)12-9-13-20(22)21-16-19-10-7-6-8-11-19/h6-8,10-11,17-18H,4-5,9,12-16H2,1-3H3,(H,21,22). The molecule has 1 amide bonds. The highest BCUT2D eigenvalue weighted by molar-refractivity contribution is 5.75. The zero-order chi connectivity index (χ0) is 16.2. The Kier molecular flexibility index (Phi) is 9.61. The molecule has 0 bridgehead atoms. The summed E-state index contributed by atoms with van der Waals surface area (Å²) in [5.74, 6) is 1.81. The maximum absolute atomic E-state index is 11.9. The topological polar surface area (TPSA) is 29.1 Å². The summed E-state index contributed by atoms with van der Waals surface area (Å²) in [5, 5.41) is 3.01. The van der Waals surface area contributed by atoms with Gasteiger partial charge < -0.3 is 5.32 Å². The van der Waals surface area contributed by atoms with Gasteiger partial charge in [0.1, 0.15) is 0 Å². The van der Waals surface area contributed by atoms with E-state index in [9.17, 15) is 4.79 Å². The van der Waals surface area contributed by atoms with E-state index in [1.54, 1.807) is 0 Å². The van der Waals surface area contributed by atoms with Crippen LogP contribution in [-0.4, -0.2) is 5.91 Å². The summed E-state index contributed by atoms with van der Waals surface area (Å²) in [5.41, 5.74) is 1.16. The molecule has 0 aliphatic carbocycles. The Bertz CT molecular complexity index is 401. The van der Waals surface area contributed by atoms with E-state index in [1.165, 1.54) is 32.1 Å². The highest BCUT2D eigenvalue weighted by atomic mass is 16.1. The molecule has 1 rings (SSSR count). The second-order valence-corrected chi connectivity index (χ2v) is 6.52. The lowest BCUT2D eigenvalue weighted by molar-refractivity contribution is -0.121. The van der Waals surface area contributed by atoms with Crippen LogP contribution in [0.3, 0.4) is 0 Å². The molecular weight excluding hydrogens is 270 g/mol. The fourth-order valence-electron chi connectivity index (χ4n) is 2.71. The van der Waals surface area contributed by atoms with Crippen LogP contribution in [0, 0.1) is 11.8 Å². The fourth-order valence-corrected chi connectivity index (χ4v) is 2.71. The second kappa shape index (κ2) is 11.3. The SMILES string of the molecule is CCC(C)CCC(CC)CCCC(=O)NCc1ccccc1. The predicted octanol–water partition coefficient (Wildman–Crippen LogP) is 5.33. The van der Waals surface area contributed by atoms with Gasteiger partial charge in [-0.2, -0.15) is 0 Å². The highest BCUT2D eigenvalue weighted by Gasteiger charge is 2.10. The first kappa shape index (κ1) is 18.7. The van der Waals surface area contributed by atoms with Crippen molar-refractivity contribution in [1.82, 2.24) is 5.32 Å². The molecule has 0 aliphatic heterocycles. The zero-order valence-electron chi connectivity index (χ0n) is 14.6. The maximum Gasteiger partial charge on any atom is 0.220 e. The minimum Gasteiger partial charge on any atom is -0.352 e. The van der Waals surface area contributed by atoms with Gasteiger partial charge in [0.25, 0.3) is 0 Å². The summed E-state index contributed by atoms with van der Waals surface area (Å²) in [6.07, 6.45) is 8.02. The van der Waals surface area contributed by atoms with Crippen LogP contribution in [0.1, 0.15) is 71.3 Å². The molecule has 0 heterocycles. The van der Waals surface area contributed by atoms with Crippen molar-refractivity contribution in [3.63, 3.8) is 0 Å². The molecule has 1 N–H and O–H groups in total. The smallest absolute Gasteiger partial charge is 0.220 e. The number of nitrogens with one attached hydrogen (secondary N) is 1. The number of carbonyl (C=O) groups is 1. The molecule has 0 fully saturated rings. The third kappa shape index (κ3) is 8.21. The van der Waals surface area contributed by atoms with Crippen molar-refractivity contribution in [2.24, 2.45) is 11.8 Å². The Hall–Kier alpha value is -1.31. The lowest BCUT2D eigenvalue weighted by Crippen LogP contribution is -2.22. The van der Waals surface area contributed by atoms with Gasteiger partial charge in [-0.1, -0.05) is 76.8 Å². The summed E-state index contributed by atoms with van der Waals surface area (Å²) in [4.78, 5) is 11.9. The number of rotatable bonds is 11. The molecule has 124 valence electrons. The first-order chi connectivity index (χ1) is 10.7. The molecule has 2 nitrogen and oxygen atoms in total. The molecule has 2 atom stereocenters. The summed E-state index contributed by atoms with van der Waals surface area (Å²) < 4.78 is 0. The third-order valence-electron chi connectivity index (χ3n) is 4.69. The minimum atomic E-state index is 0.181. The minimum absolute atomic E-state index is 0.181. The van der Waals surface area contributed by atoms with Crippen molar-refractivity contribution < 1.29 is 4.79 Å². The molecule has 0 saturated carbocycles. The Labute approximate surface area is 136 Å². The van der Waals surface area contributed by atoms with Crippen LogP contribution in [0.5, 0.6) is 0 Å². The molecule has 1 aromatic carbocycles. The number of benzene rings is 1. The van der Waals surface area contributed by atoms with Gasteiger partial charge in [0.05, 0.1) is 0 Å². The van der Waals surface area contributed by atoms with Crippen LogP contribution in [0.25, 0.3) is 0 Å². The average molecular weight is 303 g/mol. The van der Waals surface area contributed by atoms with Crippen LogP contribution < -0.4 is 5.32 Å². The van der Waals surface area contributed by atoms with E-state index >= 15 is 0 Å². The van der Waals surface area contributed by atoms with E-state index in [4.69, 9.17) is 0 Å². The first-order valence-corrected chi connectivity index (χ1v) is 8.96. The van der Waals surface area contributed by atoms with Gasteiger partial charge in [0.15, 0.2) is 0 Å². The first-order valence-electron chi connectivity index (χ1n) is 8.96. The highest BCUT2D eigenvalue weighted by Crippen LogP contribution is 2.22. The van der Waals surface area contributed by atoms with Gasteiger partial charge in [0.2, 0.25) is 5.91 Å². The van der Waals surface area contributed by atoms with Gasteiger partial charge in [-0.25, -0.2) is 0 Å². The van der Waals surface area contributed by atoms with Crippen LogP contribution in [0.4, 0.5) is 0 Å². The maximum atomic E-state index is 11.9. The van der Waals surface area contributed by atoms with Crippen LogP contribution in [-0.2, 0) is 11.3 Å². The molecule has 0 aliphatic rings. The monoisotopic (exact) mass is 303 g/mol. The van der Waals surface area contributed by atoms with E-state index in [2.05, 4.69) is 26.1 Å². The van der Waals surface area contributed by atoms with E-state index in [0.29, 0.717) is 13.0 Å². The molecule has 0 saturated heterocycles. The average Bonchev–Trinajstić information content (AvgIpc) is 2.56. The van der Waals surface area contributed by atoms with E-state index in [-0.39, 0.29) is 5.91 Å². The predicted molar refractivity (Wildman–Crippen MR) is 94.6 cm³/mol. The largest absolute Gasteiger partial charge is 0.352 e. The van der Waals surface area contributed by atoms with Gasteiger partial charge in [-0.15, -0.1) is 0 Å². The van der Waals surface area contributed by atoms with Gasteiger partial charge >= 0.3 is 0 Å². The number of amides is 1. The molecule has 2 unspecified atom stereocenters. The van der Waals surface area contributed by atoms with Gasteiger partial charge in [0, 0.05) is 13.0 Å². The molecule has 1 aromatic rings. The summed E-state index contributed by atoms with van der Waals surface area (Å²) in [6, 6.07) is 10.1. The Morgan fingerprint density at radius 1 is 1.05 bits per heavy atom. The van der Waals surface area contributed by atoms with E-state index in [0.717, 1.165) is 23.8 Å². The van der Waals surface area contributed by atoms with Crippen molar-refractivity contribution in [1.29, 1.82) is 0 Å². The Morgan fingerprint density at radius 3 is 2.41 bits per heavy atom. The van der Waals surface area contributed by atoms with Crippen LogP contribution >= 0.6 is 0 Å². The molecular formula is C20H33NO. The van der Waals surface area contributed by atoms with Crippen LogP contribution in [0.15, 0.2) is 30.3 Å². The van der Waals surface area contributed by atoms with E-state index < -0.39 is 0 Å². The molecule has 0 aromatic heterocycles. The summed E-state index contributed by atoms with van der Waals surface area (Å²) in [7, 11) is 0. The van der Waals surface area contributed by atoms with Crippen molar-refractivity contribution in [3.8, 4) is 0 Å².